The van der Waals surface area contributed by atoms with Gasteiger partial charge in [-0.25, -0.2) is 4.68 Å². The van der Waals surface area contributed by atoms with E-state index in [-0.39, 0.29) is 0 Å². The Morgan fingerprint density at radius 3 is 2.61 bits per heavy atom. The van der Waals surface area contributed by atoms with Crippen molar-refractivity contribution in [3.63, 3.8) is 0 Å². The van der Waals surface area contributed by atoms with Gasteiger partial charge in [-0.1, -0.05) is 40.5 Å². The average Bonchev–Trinajstić information content (AvgIpc) is 2.98. The Hall–Kier alpha value is -2.04. The van der Waals surface area contributed by atoms with Gasteiger partial charge in [0.1, 0.15) is 18.1 Å². The lowest BCUT2D eigenvalue weighted by atomic mass is 10.2. The number of halogens is 2. The van der Waals surface area contributed by atoms with Gasteiger partial charge in [0.05, 0.1) is 12.7 Å². The quantitative estimate of drug-likeness (QED) is 0.681. The Balaban J connectivity index is 1.60. The molecular weight excluding hydrogens is 333 g/mol. The molecule has 0 N–H and O–H groups in total. The minimum absolute atomic E-state index is 0.363. The molecule has 3 aromatic rings. The molecule has 6 heteroatoms. The van der Waals surface area contributed by atoms with Gasteiger partial charge < -0.3 is 4.74 Å². The molecular formula is C17H15Cl2N3O. The number of rotatable bonds is 5. The fourth-order valence-corrected chi connectivity index (χ4v) is 2.37. The Bertz CT molecular complexity index is 800. The highest BCUT2D eigenvalue weighted by Crippen LogP contribution is 2.21. The fraction of sp³-hybridized carbons (Fsp3) is 0.176. The lowest BCUT2D eigenvalue weighted by molar-refractivity contribution is 0.301. The molecule has 2 aromatic carbocycles. The smallest absolute Gasteiger partial charge is 0.134 e. The van der Waals surface area contributed by atoms with E-state index in [1.54, 1.807) is 4.68 Å². The number of benzene rings is 2. The van der Waals surface area contributed by atoms with Crippen molar-refractivity contribution < 1.29 is 4.74 Å². The van der Waals surface area contributed by atoms with Crippen LogP contribution in [0.2, 0.25) is 10.0 Å². The topological polar surface area (TPSA) is 39.9 Å². The van der Waals surface area contributed by atoms with Crippen LogP contribution in [-0.4, -0.2) is 15.0 Å². The molecule has 0 bridgehead atoms. The van der Waals surface area contributed by atoms with Crippen LogP contribution in [0.4, 0.5) is 0 Å². The molecule has 0 amide bonds. The minimum Gasteiger partial charge on any atom is -0.487 e. The van der Waals surface area contributed by atoms with E-state index in [0.29, 0.717) is 13.2 Å². The fourth-order valence-electron chi connectivity index (χ4n) is 2.12. The van der Waals surface area contributed by atoms with Crippen LogP contribution in [-0.2, 0) is 13.2 Å². The molecule has 0 atom stereocenters. The summed E-state index contributed by atoms with van der Waals surface area (Å²) >= 11 is 11.9. The Kier molecular flexibility index (Phi) is 4.84. The molecule has 0 spiro atoms. The summed E-state index contributed by atoms with van der Waals surface area (Å²) in [5, 5.41) is 9.68. The molecule has 3 rings (SSSR count). The van der Waals surface area contributed by atoms with Crippen LogP contribution in [0.25, 0.3) is 0 Å². The van der Waals surface area contributed by atoms with Crippen LogP contribution in [0.5, 0.6) is 5.75 Å². The van der Waals surface area contributed by atoms with Crippen LogP contribution < -0.4 is 4.74 Å². The third kappa shape index (κ3) is 4.24. The first-order valence-corrected chi connectivity index (χ1v) is 7.88. The highest BCUT2D eigenvalue weighted by atomic mass is 35.5. The van der Waals surface area contributed by atoms with E-state index in [4.69, 9.17) is 27.9 Å². The summed E-state index contributed by atoms with van der Waals surface area (Å²) in [5.41, 5.74) is 2.86. The van der Waals surface area contributed by atoms with Crippen LogP contribution in [0.1, 0.15) is 16.8 Å². The standard InChI is InChI=1S/C17H15Cl2N3O/c1-12-8-16(6-7-17(12)19)23-11-15-10-22(21-20-15)9-13-2-4-14(18)5-3-13/h2-8,10H,9,11H2,1H3. The number of hydrogen-bond donors (Lipinski definition) is 0. The van der Waals surface area contributed by atoms with Crippen molar-refractivity contribution in [3.8, 4) is 5.75 Å². The summed E-state index contributed by atoms with van der Waals surface area (Å²) in [4.78, 5) is 0. The zero-order valence-corrected chi connectivity index (χ0v) is 14.1. The minimum atomic E-state index is 0.363. The highest BCUT2D eigenvalue weighted by molar-refractivity contribution is 6.31. The summed E-state index contributed by atoms with van der Waals surface area (Å²) in [7, 11) is 0. The molecule has 4 nitrogen and oxygen atoms in total. The normalized spacial score (nSPS) is 10.7. The first-order chi connectivity index (χ1) is 11.1. The van der Waals surface area contributed by atoms with Crippen LogP contribution in [0, 0.1) is 6.92 Å². The van der Waals surface area contributed by atoms with Crippen molar-refractivity contribution in [3.05, 3.63) is 75.5 Å². The van der Waals surface area contributed by atoms with Crippen LogP contribution in [0.3, 0.4) is 0 Å². The van der Waals surface area contributed by atoms with Gasteiger partial charge in [-0.15, -0.1) is 5.10 Å². The molecule has 0 aliphatic heterocycles. The van der Waals surface area contributed by atoms with E-state index in [2.05, 4.69) is 10.3 Å². The molecule has 0 unspecified atom stereocenters. The first kappa shape index (κ1) is 15.8. The number of hydrogen-bond acceptors (Lipinski definition) is 3. The zero-order valence-electron chi connectivity index (χ0n) is 12.5. The van der Waals surface area contributed by atoms with Crippen molar-refractivity contribution in [2.45, 2.75) is 20.1 Å². The van der Waals surface area contributed by atoms with Gasteiger partial charge in [0, 0.05) is 10.0 Å². The number of nitrogens with zero attached hydrogens (tertiary/aromatic N) is 3. The summed E-state index contributed by atoms with van der Waals surface area (Å²) < 4.78 is 7.49. The first-order valence-electron chi connectivity index (χ1n) is 7.12. The highest BCUT2D eigenvalue weighted by Gasteiger charge is 2.04. The zero-order chi connectivity index (χ0) is 16.2. The van der Waals surface area contributed by atoms with Crippen LogP contribution in [0.15, 0.2) is 48.7 Å². The molecule has 0 aliphatic carbocycles. The predicted molar refractivity (Wildman–Crippen MR) is 91.1 cm³/mol. The molecule has 0 aliphatic rings. The van der Waals surface area contributed by atoms with Crippen molar-refractivity contribution >= 4 is 23.2 Å². The van der Waals surface area contributed by atoms with Crippen LogP contribution >= 0.6 is 23.2 Å². The summed E-state index contributed by atoms with van der Waals surface area (Å²) in [5.74, 6) is 0.763. The summed E-state index contributed by atoms with van der Waals surface area (Å²) in [6, 6.07) is 13.2. The maximum atomic E-state index is 6.00. The monoisotopic (exact) mass is 347 g/mol. The molecule has 0 radical (unpaired) electrons. The molecule has 1 aromatic heterocycles. The Morgan fingerprint density at radius 2 is 1.87 bits per heavy atom. The van der Waals surface area contributed by atoms with Gasteiger partial charge in [0.15, 0.2) is 0 Å². The summed E-state index contributed by atoms with van der Waals surface area (Å²) in [6.07, 6.45) is 1.87. The van der Waals surface area contributed by atoms with E-state index >= 15 is 0 Å². The molecule has 0 saturated carbocycles. The van der Waals surface area contributed by atoms with Crippen molar-refractivity contribution in [2.24, 2.45) is 0 Å². The Labute approximate surface area is 144 Å². The van der Waals surface area contributed by atoms with Gasteiger partial charge in [-0.05, 0) is 48.4 Å². The second kappa shape index (κ2) is 7.02. The molecule has 0 saturated heterocycles. The second-order valence-electron chi connectivity index (χ2n) is 5.23. The predicted octanol–water partition coefficient (Wildman–Crippen LogP) is 4.52. The van der Waals surface area contributed by atoms with Gasteiger partial charge in [-0.2, -0.15) is 0 Å². The van der Waals surface area contributed by atoms with E-state index in [9.17, 15) is 0 Å². The van der Waals surface area contributed by atoms with E-state index in [1.165, 1.54) is 0 Å². The van der Waals surface area contributed by atoms with Crippen molar-refractivity contribution in [1.82, 2.24) is 15.0 Å². The number of ether oxygens (including phenoxy) is 1. The molecule has 0 fully saturated rings. The van der Waals surface area contributed by atoms with E-state index in [0.717, 1.165) is 32.6 Å². The SMILES string of the molecule is Cc1cc(OCc2cn(Cc3ccc(Cl)cc3)nn2)ccc1Cl. The molecule has 23 heavy (non-hydrogen) atoms. The van der Waals surface area contributed by atoms with Gasteiger partial charge in [0.2, 0.25) is 0 Å². The maximum absolute atomic E-state index is 6.00. The summed E-state index contributed by atoms with van der Waals surface area (Å²) in [6.45, 7) is 2.95. The van der Waals surface area contributed by atoms with Crippen molar-refractivity contribution in [1.29, 1.82) is 0 Å². The van der Waals surface area contributed by atoms with E-state index in [1.807, 2.05) is 55.6 Å². The van der Waals surface area contributed by atoms with Crippen molar-refractivity contribution in [2.75, 3.05) is 0 Å². The van der Waals surface area contributed by atoms with Gasteiger partial charge >= 0.3 is 0 Å². The van der Waals surface area contributed by atoms with Gasteiger partial charge in [-0.3, -0.25) is 0 Å². The lowest BCUT2D eigenvalue weighted by Gasteiger charge is -2.05. The molecule has 1 heterocycles. The number of aryl methyl sites for hydroxylation is 1. The lowest BCUT2D eigenvalue weighted by Crippen LogP contribution is -2.00. The largest absolute Gasteiger partial charge is 0.487 e. The molecule has 118 valence electrons. The third-order valence-electron chi connectivity index (χ3n) is 3.36. The second-order valence-corrected chi connectivity index (χ2v) is 6.08. The third-order valence-corrected chi connectivity index (χ3v) is 4.04. The van der Waals surface area contributed by atoms with E-state index < -0.39 is 0 Å². The average molecular weight is 348 g/mol. The number of aromatic nitrogens is 3. The van der Waals surface area contributed by atoms with Gasteiger partial charge in [0.25, 0.3) is 0 Å². The Morgan fingerprint density at radius 1 is 1.09 bits per heavy atom. The maximum Gasteiger partial charge on any atom is 0.134 e.